The van der Waals surface area contributed by atoms with Crippen molar-refractivity contribution in [2.75, 3.05) is 39.4 Å². The highest BCUT2D eigenvalue weighted by Crippen LogP contribution is 2.38. The van der Waals surface area contributed by atoms with Gasteiger partial charge in [0.15, 0.2) is 10.8 Å². The highest BCUT2D eigenvalue weighted by molar-refractivity contribution is 7.89. The normalized spacial score (nSPS) is 20.8. The summed E-state index contributed by atoms with van der Waals surface area (Å²) in [5, 5.41) is 1.86. The molecule has 1 N–H and O–H groups in total. The maximum atomic E-state index is 13.2. The van der Waals surface area contributed by atoms with E-state index in [-0.39, 0.29) is 24.0 Å². The zero-order chi connectivity index (χ0) is 23.5. The summed E-state index contributed by atoms with van der Waals surface area (Å²) in [6.45, 7) is 2.26. The lowest BCUT2D eigenvalue weighted by Crippen LogP contribution is -2.50. The van der Waals surface area contributed by atoms with Crippen molar-refractivity contribution in [3.8, 4) is 0 Å². The molecule has 0 atom stereocenters. The number of carbonyl (C=O) groups excluding carboxylic acids is 1. The van der Waals surface area contributed by atoms with E-state index in [0.717, 1.165) is 28.8 Å². The van der Waals surface area contributed by atoms with Gasteiger partial charge in [0, 0.05) is 59.8 Å². The minimum absolute atomic E-state index is 0.127. The van der Waals surface area contributed by atoms with Crippen LogP contribution in [0.15, 0.2) is 29.3 Å². The Labute approximate surface area is 205 Å². The van der Waals surface area contributed by atoms with Crippen LogP contribution >= 0.6 is 22.9 Å². The van der Waals surface area contributed by atoms with Gasteiger partial charge < -0.3 is 19.4 Å². The summed E-state index contributed by atoms with van der Waals surface area (Å²) in [5.74, 6) is -0.715. The summed E-state index contributed by atoms with van der Waals surface area (Å²) in [6, 6.07) is 6.79. The van der Waals surface area contributed by atoms with E-state index < -0.39 is 15.8 Å². The summed E-state index contributed by atoms with van der Waals surface area (Å²) >= 11 is 7.42. The topological polar surface area (TPSA) is 105 Å². The Morgan fingerprint density at radius 1 is 1.15 bits per heavy atom. The number of fused-ring (bicyclic) bond motifs is 2. The second kappa shape index (κ2) is 8.28. The first-order valence-electron chi connectivity index (χ1n) is 11.2. The standard InChI is InChI=1S/C22H23ClN4O5S2/c23-15-1-2-16-14(11-15)12-19(24-16)34(29,30)27-7-5-26(6-8-27)21(28)20-25-17-3-4-22(13-18(17)33-20)31-9-10-32-22/h1-2,11-12,24H,3-10,13H2. The number of aryl methyl sites for hydroxylation is 1. The molecular weight excluding hydrogens is 500 g/mol. The fourth-order valence-corrected chi connectivity index (χ4v) is 7.60. The molecule has 3 aliphatic rings. The number of rotatable bonds is 3. The lowest BCUT2D eigenvalue weighted by molar-refractivity contribution is -0.163. The molecule has 1 spiro atoms. The molecule has 1 aromatic carbocycles. The number of H-pyrrole nitrogens is 1. The van der Waals surface area contributed by atoms with Gasteiger partial charge in [0.25, 0.3) is 15.9 Å². The van der Waals surface area contributed by atoms with Crippen LogP contribution < -0.4 is 0 Å². The van der Waals surface area contributed by atoms with E-state index >= 15 is 0 Å². The van der Waals surface area contributed by atoms with E-state index in [9.17, 15) is 13.2 Å². The highest BCUT2D eigenvalue weighted by atomic mass is 35.5. The first-order chi connectivity index (χ1) is 16.3. The molecule has 1 amide bonds. The van der Waals surface area contributed by atoms with E-state index in [1.54, 1.807) is 29.2 Å². The number of sulfonamides is 1. The summed E-state index contributed by atoms with van der Waals surface area (Å²) in [4.78, 5) is 23.4. The monoisotopic (exact) mass is 522 g/mol. The molecule has 3 aromatic rings. The zero-order valence-corrected chi connectivity index (χ0v) is 20.6. The van der Waals surface area contributed by atoms with Crippen LogP contribution in [0.5, 0.6) is 0 Å². The third-order valence-electron chi connectivity index (χ3n) is 6.65. The summed E-state index contributed by atoms with van der Waals surface area (Å²) in [6.07, 6.45) is 2.09. The van der Waals surface area contributed by atoms with Crippen LogP contribution in [0, 0.1) is 0 Å². The number of ether oxygens (including phenoxy) is 2. The van der Waals surface area contributed by atoms with Gasteiger partial charge in [-0.1, -0.05) is 11.6 Å². The van der Waals surface area contributed by atoms with Crippen molar-refractivity contribution < 1.29 is 22.7 Å². The molecular formula is C22H23ClN4O5S2. The fourth-order valence-electron chi connectivity index (χ4n) is 4.82. The quantitative estimate of drug-likeness (QED) is 0.567. The van der Waals surface area contributed by atoms with E-state index in [2.05, 4.69) is 9.97 Å². The van der Waals surface area contributed by atoms with Crippen LogP contribution in [-0.2, 0) is 32.3 Å². The molecule has 0 bridgehead atoms. The number of piperazine rings is 1. The Morgan fingerprint density at radius 2 is 1.91 bits per heavy atom. The van der Waals surface area contributed by atoms with Gasteiger partial charge in [-0.25, -0.2) is 13.4 Å². The predicted octanol–water partition coefficient (Wildman–Crippen LogP) is 2.66. The molecule has 2 saturated heterocycles. The van der Waals surface area contributed by atoms with Crippen LogP contribution in [0.25, 0.3) is 10.9 Å². The van der Waals surface area contributed by atoms with Gasteiger partial charge in [0.2, 0.25) is 0 Å². The number of aromatic amines is 1. The molecule has 4 heterocycles. The van der Waals surface area contributed by atoms with Crippen molar-refractivity contribution in [2.24, 2.45) is 0 Å². The Morgan fingerprint density at radius 3 is 2.68 bits per heavy atom. The average molecular weight is 523 g/mol. The molecule has 0 saturated carbocycles. The molecule has 2 fully saturated rings. The lowest BCUT2D eigenvalue weighted by Gasteiger charge is -2.33. The van der Waals surface area contributed by atoms with Crippen molar-refractivity contribution in [3.63, 3.8) is 0 Å². The molecule has 2 aliphatic heterocycles. The molecule has 0 unspecified atom stereocenters. The average Bonchev–Trinajstić information content (AvgIpc) is 3.57. The van der Waals surface area contributed by atoms with Crippen LogP contribution in [-0.4, -0.2) is 78.7 Å². The smallest absolute Gasteiger partial charge is 0.282 e. The fraction of sp³-hybridized carbons (Fsp3) is 0.455. The number of halogens is 1. The molecule has 0 radical (unpaired) electrons. The SMILES string of the molecule is O=C(c1nc2c(s1)CC1(CC2)OCCO1)N1CCN(S(=O)(=O)c2cc3cc(Cl)ccc3[nH]2)CC1. The van der Waals surface area contributed by atoms with Gasteiger partial charge >= 0.3 is 0 Å². The number of amides is 1. The Balaban J connectivity index is 1.14. The third kappa shape index (κ3) is 3.84. The third-order valence-corrected chi connectivity index (χ3v) is 9.79. The lowest BCUT2D eigenvalue weighted by atomic mass is 9.96. The highest BCUT2D eigenvalue weighted by Gasteiger charge is 2.42. The van der Waals surface area contributed by atoms with Crippen LogP contribution in [0.2, 0.25) is 5.02 Å². The molecule has 6 rings (SSSR count). The molecule has 1 aliphatic carbocycles. The minimum Gasteiger partial charge on any atom is -0.347 e. The van der Waals surface area contributed by atoms with E-state index in [1.807, 2.05) is 0 Å². The zero-order valence-electron chi connectivity index (χ0n) is 18.3. The number of carbonyl (C=O) groups is 1. The largest absolute Gasteiger partial charge is 0.347 e. The maximum absolute atomic E-state index is 13.2. The first-order valence-corrected chi connectivity index (χ1v) is 13.8. The van der Waals surface area contributed by atoms with Crippen molar-refractivity contribution in [3.05, 3.63) is 44.9 Å². The Bertz CT molecular complexity index is 1370. The summed E-state index contributed by atoms with van der Waals surface area (Å²) < 4.78 is 39.4. The van der Waals surface area contributed by atoms with Crippen LogP contribution in [0.4, 0.5) is 0 Å². The number of thiazole rings is 1. The maximum Gasteiger partial charge on any atom is 0.282 e. The van der Waals surface area contributed by atoms with E-state index in [1.165, 1.54) is 15.6 Å². The van der Waals surface area contributed by atoms with Crippen molar-refractivity contribution in [1.29, 1.82) is 0 Å². The number of benzene rings is 1. The summed E-state index contributed by atoms with van der Waals surface area (Å²) in [5.41, 5.74) is 1.65. The van der Waals surface area contributed by atoms with Crippen LogP contribution in [0.3, 0.4) is 0 Å². The number of nitrogens with zero attached hydrogens (tertiary/aromatic N) is 3. The number of aromatic nitrogens is 2. The van der Waals surface area contributed by atoms with Gasteiger partial charge in [-0.05, 0) is 30.7 Å². The van der Waals surface area contributed by atoms with Crippen molar-refractivity contribution in [2.45, 2.75) is 30.1 Å². The Kier molecular flexibility index (Phi) is 5.47. The second-order valence-electron chi connectivity index (χ2n) is 8.73. The van der Waals surface area contributed by atoms with Crippen molar-refractivity contribution in [1.82, 2.24) is 19.2 Å². The molecule has 34 heavy (non-hydrogen) atoms. The number of hydrogen-bond acceptors (Lipinski definition) is 7. The van der Waals surface area contributed by atoms with Gasteiger partial charge in [-0.15, -0.1) is 11.3 Å². The predicted molar refractivity (Wildman–Crippen MR) is 127 cm³/mol. The van der Waals surface area contributed by atoms with E-state index in [0.29, 0.717) is 48.3 Å². The summed E-state index contributed by atoms with van der Waals surface area (Å²) in [7, 11) is -3.71. The van der Waals surface area contributed by atoms with E-state index in [4.69, 9.17) is 21.1 Å². The second-order valence-corrected chi connectivity index (χ2v) is 12.2. The van der Waals surface area contributed by atoms with Gasteiger partial charge in [-0.3, -0.25) is 4.79 Å². The minimum atomic E-state index is -3.71. The molecule has 180 valence electrons. The first kappa shape index (κ1) is 22.4. The molecule has 9 nitrogen and oxygen atoms in total. The van der Waals surface area contributed by atoms with Crippen LogP contribution in [0.1, 0.15) is 26.8 Å². The van der Waals surface area contributed by atoms with Gasteiger partial charge in [-0.2, -0.15) is 4.31 Å². The number of nitrogens with one attached hydrogen (secondary N) is 1. The van der Waals surface area contributed by atoms with Gasteiger partial charge in [0.05, 0.1) is 18.9 Å². The van der Waals surface area contributed by atoms with Crippen molar-refractivity contribution >= 4 is 49.8 Å². The van der Waals surface area contributed by atoms with Gasteiger partial charge in [0.1, 0.15) is 5.03 Å². The Hall–Kier alpha value is -2.02. The molecule has 2 aromatic heterocycles. The number of hydrogen-bond donors (Lipinski definition) is 1. The molecule has 12 heteroatoms.